The van der Waals surface area contributed by atoms with Crippen LogP contribution in [0.1, 0.15) is 28.7 Å². The molecule has 18 heavy (non-hydrogen) atoms. The molecule has 4 nitrogen and oxygen atoms in total. The molecule has 0 fully saturated rings. The summed E-state index contributed by atoms with van der Waals surface area (Å²) in [6, 6.07) is 4.19. The van der Waals surface area contributed by atoms with Gasteiger partial charge in [-0.15, -0.1) is 0 Å². The highest BCUT2D eigenvalue weighted by Crippen LogP contribution is 2.17. The molecule has 0 saturated carbocycles. The molecular formula is C14H22N2O2. The highest BCUT2D eigenvalue weighted by atomic mass is 16.5. The van der Waals surface area contributed by atoms with Gasteiger partial charge in [0, 0.05) is 6.54 Å². The topological polar surface area (TPSA) is 64.3 Å². The molecular weight excluding hydrogens is 228 g/mol. The van der Waals surface area contributed by atoms with Gasteiger partial charge in [-0.05, 0) is 50.4 Å². The smallest absolute Gasteiger partial charge is 0.407 e. The molecule has 1 aromatic carbocycles. The SMILES string of the molecule is Cc1cc(C)c(COC(=O)NCCCN)c(C)c1. The van der Waals surface area contributed by atoms with E-state index in [2.05, 4.69) is 24.4 Å². The maximum atomic E-state index is 11.4. The maximum Gasteiger partial charge on any atom is 0.407 e. The molecule has 1 rings (SSSR count). The normalized spacial score (nSPS) is 10.2. The zero-order chi connectivity index (χ0) is 13.5. The molecule has 0 aromatic heterocycles. The van der Waals surface area contributed by atoms with Crippen LogP contribution in [0.5, 0.6) is 0 Å². The number of carbonyl (C=O) groups is 1. The van der Waals surface area contributed by atoms with Crippen molar-refractivity contribution in [2.24, 2.45) is 5.73 Å². The first-order valence-corrected chi connectivity index (χ1v) is 6.22. The number of ether oxygens (including phenoxy) is 1. The minimum atomic E-state index is -0.386. The van der Waals surface area contributed by atoms with Crippen LogP contribution in [-0.2, 0) is 11.3 Å². The van der Waals surface area contributed by atoms with E-state index in [1.165, 1.54) is 5.56 Å². The molecule has 0 aliphatic heterocycles. The number of aryl methyl sites for hydroxylation is 3. The van der Waals surface area contributed by atoms with Crippen LogP contribution in [0.4, 0.5) is 4.79 Å². The zero-order valence-electron chi connectivity index (χ0n) is 11.4. The zero-order valence-corrected chi connectivity index (χ0v) is 11.4. The van der Waals surface area contributed by atoms with E-state index in [9.17, 15) is 4.79 Å². The summed E-state index contributed by atoms with van der Waals surface area (Å²) in [5, 5.41) is 2.66. The van der Waals surface area contributed by atoms with Crippen LogP contribution < -0.4 is 11.1 Å². The summed E-state index contributed by atoms with van der Waals surface area (Å²) < 4.78 is 5.19. The van der Waals surface area contributed by atoms with E-state index in [-0.39, 0.29) is 6.09 Å². The van der Waals surface area contributed by atoms with Crippen molar-refractivity contribution < 1.29 is 9.53 Å². The van der Waals surface area contributed by atoms with Gasteiger partial charge in [-0.3, -0.25) is 0 Å². The first-order valence-electron chi connectivity index (χ1n) is 6.22. The fraction of sp³-hybridized carbons (Fsp3) is 0.500. The third kappa shape index (κ3) is 4.37. The second-order valence-electron chi connectivity index (χ2n) is 4.52. The molecule has 0 radical (unpaired) electrons. The average Bonchev–Trinajstić information content (AvgIpc) is 2.27. The van der Waals surface area contributed by atoms with Gasteiger partial charge in [-0.1, -0.05) is 17.7 Å². The average molecular weight is 250 g/mol. The predicted octanol–water partition coefficient (Wildman–Crippen LogP) is 2.19. The summed E-state index contributed by atoms with van der Waals surface area (Å²) in [5.74, 6) is 0. The number of nitrogens with two attached hydrogens (primary N) is 1. The number of amides is 1. The molecule has 4 heteroatoms. The van der Waals surface area contributed by atoms with Gasteiger partial charge in [0.15, 0.2) is 0 Å². The molecule has 3 N–H and O–H groups in total. The van der Waals surface area contributed by atoms with Crippen LogP contribution in [-0.4, -0.2) is 19.2 Å². The lowest BCUT2D eigenvalue weighted by Gasteiger charge is -2.12. The molecule has 0 bridgehead atoms. The second kappa shape index (κ2) is 7.01. The lowest BCUT2D eigenvalue weighted by Crippen LogP contribution is -2.26. The first kappa shape index (κ1) is 14.5. The Morgan fingerprint density at radius 1 is 1.28 bits per heavy atom. The molecule has 0 atom stereocenters. The van der Waals surface area contributed by atoms with Crippen LogP contribution in [0, 0.1) is 20.8 Å². The summed E-state index contributed by atoms with van der Waals surface area (Å²) in [7, 11) is 0. The maximum absolute atomic E-state index is 11.4. The summed E-state index contributed by atoms with van der Waals surface area (Å²) in [5.41, 5.74) is 9.95. The van der Waals surface area contributed by atoms with E-state index in [0.717, 1.165) is 23.1 Å². The lowest BCUT2D eigenvalue weighted by molar-refractivity contribution is 0.139. The van der Waals surface area contributed by atoms with Gasteiger partial charge in [0.1, 0.15) is 6.61 Å². The Morgan fingerprint density at radius 2 is 1.89 bits per heavy atom. The lowest BCUT2D eigenvalue weighted by atomic mass is 10.0. The third-order valence-corrected chi connectivity index (χ3v) is 2.84. The van der Waals surface area contributed by atoms with Crippen LogP contribution in [0.2, 0.25) is 0 Å². The summed E-state index contributed by atoms with van der Waals surface area (Å²) in [6.45, 7) is 7.56. The first-order chi connectivity index (χ1) is 8.54. The van der Waals surface area contributed by atoms with Crippen LogP contribution in [0.25, 0.3) is 0 Å². The fourth-order valence-corrected chi connectivity index (χ4v) is 1.92. The predicted molar refractivity (Wildman–Crippen MR) is 72.5 cm³/mol. The van der Waals surface area contributed by atoms with E-state index >= 15 is 0 Å². The molecule has 1 amide bonds. The van der Waals surface area contributed by atoms with Gasteiger partial charge in [0.2, 0.25) is 0 Å². The van der Waals surface area contributed by atoms with E-state index in [1.807, 2.05) is 13.8 Å². The second-order valence-corrected chi connectivity index (χ2v) is 4.52. The van der Waals surface area contributed by atoms with Crippen molar-refractivity contribution in [3.8, 4) is 0 Å². The largest absolute Gasteiger partial charge is 0.445 e. The van der Waals surface area contributed by atoms with Gasteiger partial charge in [0.25, 0.3) is 0 Å². The number of rotatable bonds is 5. The summed E-state index contributed by atoms with van der Waals surface area (Å²) >= 11 is 0. The van der Waals surface area contributed by atoms with E-state index < -0.39 is 0 Å². The Hall–Kier alpha value is -1.55. The van der Waals surface area contributed by atoms with E-state index in [1.54, 1.807) is 0 Å². The Kier molecular flexibility index (Phi) is 5.65. The van der Waals surface area contributed by atoms with Crippen LogP contribution >= 0.6 is 0 Å². The molecule has 0 aliphatic rings. The van der Waals surface area contributed by atoms with Gasteiger partial charge >= 0.3 is 6.09 Å². The Morgan fingerprint density at radius 3 is 2.44 bits per heavy atom. The molecule has 0 aliphatic carbocycles. The van der Waals surface area contributed by atoms with Crippen molar-refractivity contribution >= 4 is 6.09 Å². The number of hydrogen-bond acceptors (Lipinski definition) is 3. The van der Waals surface area contributed by atoms with Crippen molar-refractivity contribution in [2.75, 3.05) is 13.1 Å². The minimum absolute atomic E-state index is 0.312. The highest BCUT2D eigenvalue weighted by Gasteiger charge is 2.07. The Balaban J connectivity index is 2.51. The quantitative estimate of drug-likeness (QED) is 0.787. The van der Waals surface area contributed by atoms with Gasteiger partial charge in [0.05, 0.1) is 0 Å². The van der Waals surface area contributed by atoms with Crippen molar-refractivity contribution in [1.82, 2.24) is 5.32 Å². The number of alkyl carbamates (subject to hydrolysis) is 1. The molecule has 0 heterocycles. The van der Waals surface area contributed by atoms with Gasteiger partial charge in [-0.25, -0.2) is 4.79 Å². The summed E-state index contributed by atoms with van der Waals surface area (Å²) in [4.78, 5) is 11.4. The fourth-order valence-electron chi connectivity index (χ4n) is 1.92. The third-order valence-electron chi connectivity index (χ3n) is 2.84. The molecule has 0 spiro atoms. The molecule has 0 unspecified atom stereocenters. The molecule has 1 aromatic rings. The minimum Gasteiger partial charge on any atom is -0.445 e. The Labute approximate surface area is 109 Å². The van der Waals surface area contributed by atoms with E-state index in [4.69, 9.17) is 10.5 Å². The molecule has 0 saturated heterocycles. The van der Waals surface area contributed by atoms with Crippen molar-refractivity contribution in [2.45, 2.75) is 33.8 Å². The number of carbonyl (C=O) groups excluding carboxylic acids is 1. The summed E-state index contributed by atoms with van der Waals surface area (Å²) in [6.07, 6.45) is 0.375. The van der Waals surface area contributed by atoms with E-state index in [0.29, 0.717) is 19.7 Å². The Bertz CT molecular complexity index is 393. The van der Waals surface area contributed by atoms with Crippen molar-refractivity contribution in [3.63, 3.8) is 0 Å². The van der Waals surface area contributed by atoms with Crippen molar-refractivity contribution in [3.05, 3.63) is 34.4 Å². The number of hydrogen-bond donors (Lipinski definition) is 2. The standard InChI is InChI=1S/C14H22N2O2/c1-10-7-11(2)13(12(3)8-10)9-18-14(17)16-6-4-5-15/h7-8H,4-6,9,15H2,1-3H3,(H,16,17). The van der Waals surface area contributed by atoms with Crippen LogP contribution in [0.15, 0.2) is 12.1 Å². The van der Waals surface area contributed by atoms with Gasteiger partial charge in [-0.2, -0.15) is 0 Å². The number of benzene rings is 1. The van der Waals surface area contributed by atoms with Crippen LogP contribution in [0.3, 0.4) is 0 Å². The number of nitrogens with one attached hydrogen (secondary N) is 1. The van der Waals surface area contributed by atoms with Crippen molar-refractivity contribution in [1.29, 1.82) is 0 Å². The monoisotopic (exact) mass is 250 g/mol. The highest BCUT2D eigenvalue weighted by molar-refractivity contribution is 5.67. The van der Waals surface area contributed by atoms with Gasteiger partial charge < -0.3 is 15.8 Å². The molecule has 100 valence electrons.